The molecule has 1 aliphatic heterocycles. The molecule has 1 atom stereocenters. The van der Waals surface area contributed by atoms with Gasteiger partial charge in [-0.15, -0.1) is 11.3 Å². The zero-order valence-corrected chi connectivity index (χ0v) is 23.3. The molecular weight excluding hydrogens is 552 g/mol. The van der Waals surface area contributed by atoms with E-state index in [9.17, 15) is 18.4 Å². The highest BCUT2D eigenvalue weighted by Gasteiger charge is 2.35. The number of esters is 1. The zero-order chi connectivity index (χ0) is 28.8. The Morgan fingerprint density at radius 2 is 1.98 bits per heavy atom. The van der Waals surface area contributed by atoms with Crippen molar-refractivity contribution >= 4 is 39.9 Å². The van der Waals surface area contributed by atoms with Crippen molar-refractivity contribution in [2.45, 2.75) is 45.6 Å². The highest BCUT2D eigenvalue weighted by molar-refractivity contribution is 7.12. The molecule has 9 nitrogen and oxygen atoms in total. The summed E-state index contributed by atoms with van der Waals surface area (Å²) in [4.78, 5) is 36.4. The van der Waals surface area contributed by atoms with E-state index in [4.69, 9.17) is 19.2 Å². The van der Waals surface area contributed by atoms with E-state index in [0.29, 0.717) is 40.8 Å². The summed E-state index contributed by atoms with van der Waals surface area (Å²) >= 11 is 1.33. The number of thiazole rings is 1. The van der Waals surface area contributed by atoms with Crippen molar-refractivity contribution in [1.29, 1.82) is 0 Å². The summed E-state index contributed by atoms with van der Waals surface area (Å²) in [5.74, 6) is -1.46. The first-order valence-electron chi connectivity index (χ1n) is 13.0. The molecule has 1 aliphatic rings. The number of methoxy groups -OCH3 is 1. The number of aryl methyl sites for hydroxylation is 2. The normalized spacial score (nSPS) is 15.6. The number of amides is 1. The summed E-state index contributed by atoms with van der Waals surface area (Å²) in [6.45, 7) is 3.71. The maximum atomic E-state index is 14.3. The topological polar surface area (TPSA) is 103 Å². The number of hydrogen-bond donors (Lipinski definition) is 0. The van der Waals surface area contributed by atoms with Gasteiger partial charge in [-0.1, -0.05) is 11.2 Å². The molecular formula is C29H25F2N5O4S. The van der Waals surface area contributed by atoms with Gasteiger partial charge >= 0.3 is 5.97 Å². The molecule has 1 fully saturated rings. The number of hydrogen-bond acceptors (Lipinski definition) is 8. The monoisotopic (exact) mass is 577 g/mol. The lowest BCUT2D eigenvalue weighted by molar-refractivity contribution is -0.139. The first-order valence-corrected chi connectivity index (χ1v) is 13.9. The summed E-state index contributed by atoms with van der Waals surface area (Å²) < 4.78 is 40.1. The first-order chi connectivity index (χ1) is 19.7. The van der Waals surface area contributed by atoms with E-state index >= 15 is 0 Å². The van der Waals surface area contributed by atoms with Gasteiger partial charge in [0.15, 0.2) is 16.8 Å². The second-order valence-electron chi connectivity index (χ2n) is 9.85. The summed E-state index contributed by atoms with van der Waals surface area (Å²) in [5.41, 5.74) is 4.65. The van der Waals surface area contributed by atoms with E-state index in [1.165, 1.54) is 29.4 Å². The lowest BCUT2D eigenvalue weighted by atomic mass is 9.99. The molecule has 41 heavy (non-hydrogen) atoms. The van der Waals surface area contributed by atoms with Crippen LogP contribution in [-0.2, 0) is 20.7 Å². The number of halogens is 2. The molecule has 0 radical (unpaired) electrons. The van der Waals surface area contributed by atoms with Crippen molar-refractivity contribution in [3.63, 3.8) is 0 Å². The lowest BCUT2D eigenvalue weighted by Gasteiger charge is -2.35. The van der Waals surface area contributed by atoms with E-state index in [1.807, 2.05) is 36.6 Å². The van der Waals surface area contributed by atoms with Crippen molar-refractivity contribution in [1.82, 2.24) is 19.7 Å². The number of carbonyl (C=O) groups is 2. The van der Waals surface area contributed by atoms with Gasteiger partial charge in [-0.25, -0.2) is 18.7 Å². The van der Waals surface area contributed by atoms with Gasteiger partial charge in [0.05, 0.1) is 42.0 Å². The summed E-state index contributed by atoms with van der Waals surface area (Å²) in [5, 5.41) is 6.39. The van der Waals surface area contributed by atoms with Crippen LogP contribution in [0.1, 0.15) is 48.3 Å². The van der Waals surface area contributed by atoms with Crippen LogP contribution >= 0.6 is 11.3 Å². The Morgan fingerprint density at radius 1 is 1.15 bits per heavy atom. The molecule has 4 heterocycles. The summed E-state index contributed by atoms with van der Waals surface area (Å²) in [6.07, 6.45) is 1.42. The molecule has 3 aromatic heterocycles. The van der Waals surface area contributed by atoms with Crippen molar-refractivity contribution in [3.8, 4) is 16.3 Å². The van der Waals surface area contributed by atoms with Crippen LogP contribution in [0.2, 0.25) is 0 Å². The van der Waals surface area contributed by atoms with Crippen LogP contribution in [0.3, 0.4) is 0 Å². The van der Waals surface area contributed by atoms with Crippen molar-refractivity contribution < 1.29 is 27.6 Å². The van der Waals surface area contributed by atoms with Gasteiger partial charge in [0.25, 0.3) is 0 Å². The van der Waals surface area contributed by atoms with E-state index in [1.54, 1.807) is 5.38 Å². The van der Waals surface area contributed by atoms with Crippen LogP contribution in [0.5, 0.6) is 0 Å². The Bertz CT molecular complexity index is 1790. The zero-order valence-electron chi connectivity index (χ0n) is 22.5. The van der Waals surface area contributed by atoms with Crippen LogP contribution in [0, 0.1) is 25.5 Å². The Kier molecular flexibility index (Phi) is 6.86. The number of aromatic nitrogens is 4. The molecule has 1 amide bonds. The van der Waals surface area contributed by atoms with Crippen molar-refractivity contribution in [2.24, 2.45) is 0 Å². The number of nitrogens with zero attached hydrogens (tertiary/aromatic N) is 5. The molecule has 2 aromatic carbocycles. The minimum Gasteiger partial charge on any atom is -0.469 e. The van der Waals surface area contributed by atoms with E-state index in [2.05, 4.69) is 5.16 Å². The van der Waals surface area contributed by atoms with Crippen LogP contribution in [0.4, 0.5) is 14.5 Å². The third-order valence-corrected chi connectivity index (χ3v) is 8.09. The molecule has 0 bridgehead atoms. The highest BCUT2D eigenvalue weighted by Crippen LogP contribution is 2.40. The predicted molar refractivity (Wildman–Crippen MR) is 148 cm³/mol. The molecule has 0 aliphatic carbocycles. The largest absolute Gasteiger partial charge is 0.469 e. The number of rotatable bonds is 6. The average Bonchev–Trinajstić information content (AvgIpc) is 3.66. The number of piperidine rings is 1. The van der Waals surface area contributed by atoms with Gasteiger partial charge in [-0.05, 0) is 56.5 Å². The minimum atomic E-state index is -1.04. The number of fused-ring (bicyclic) bond motifs is 1. The minimum absolute atomic E-state index is 0.00799. The summed E-state index contributed by atoms with van der Waals surface area (Å²) in [7, 11) is 1.32. The van der Waals surface area contributed by atoms with Gasteiger partial charge in [0.2, 0.25) is 5.91 Å². The standard InChI is InChI=1S/C29H25F2N5O4S/c1-15-27(16(2)40-34-15)17-7-10-23-22(11-17)33-28(36(23)29-32-18(14-41-29)12-26(38)39-3)24-5-4-6-25(37)35(24)19-8-9-20(30)21(31)13-19/h7-11,13-14,24H,4-6,12H2,1-3H3/t24-/m0/s1. The Morgan fingerprint density at radius 3 is 2.71 bits per heavy atom. The maximum absolute atomic E-state index is 14.3. The Hall–Kier alpha value is -4.45. The molecule has 0 N–H and O–H groups in total. The predicted octanol–water partition coefficient (Wildman–Crippen LogP) is 6.01. The van der Waals surface area contributed by atoms with Gasteiger partial charge < -0.3 is 14.2 Å². The van der Waals surface area contributed by atoms with Gasteiger partial charge in [0, 0.05) is 29.1 Å². The van der Waals surface area contributed by atoms with E-state index in [-0.39, 0.29) is 24.4 Å². The van der Waals surface area contributed by atoms with Gasteiger partial charge in [-0.2, -0.15) is 0 Å². The fourth-order valence-corrected chi connectivity index (χ4v) is 6.19. The fourth-order valence-electron chi connectivity index (χ4n) is 5.35. The lowest BCUT2D eigenvalue weighted by Crippen LogP contribution is -2.39. The second-order valence-corrected chi connectivity index (χ2v) is 10.7. The van der Waals surface area contributed by atoms with Crippen LogP contribution in [-0.4, -0.2) is 38.7 Å². The Balaban J connectivity index is 1.54. The average molecular weight is 578 g/mol. The van der Waals surface area contributed by atoms with Crippen LogP contribution in [0.25, 0.3) is 27.3 Å². The molecule has 6 rings (SSSR count). The molecule has 1 saturated heterocycles. The number of anilines is 1. The van der Waals surface area contributed by atoms with E-state index < -0.39 is 23.6 Å². The molecule has 12 heteroatoms. The number of benzene rings is 2. The Labute approximate surface area is 237 Å². The maximum Gasteiger partial charge on any atom is 0.311 e. The van der Waals surface area contributed by atoms with Gasteiger partial charge in [-0.3, -0.25) is 14.2 Å². The van der Waals surface area contributed by atoms with Crippen LogP contribution < -0.4 is 4.90 Å². The number of ether oxygens (including phenoxy) is 1. The third-order valence-electron chi connectivity index (χ3n) is 7.21. The second kappa shape index (κ2) is 10.5. The van der Waals surface area contributed by atoms with E-state index in [0.717, 1.165) is 34.5 Å². The van der Waals surface area contributed by atoms with Crippen molar-refractivity contribution in [3.05, 3.63) is 76.4 Å². The van der Waals surface area contributed by atoms with Crippen LogP contribution in [0.15, 0.2) is 46.3 Å². The molecule has 5 aromatic rings. The molecule has 210 valence electrons. The summed E-state index contributed by atoms with van der Waals surface area (Å²) in [6, 6.07) is 8.66. The van der Waals surface area contributed by atoms with Gasteiger partial charge in [0.1, 0.15) is 11.6 Å². The fraction of sp³-hybridized carbons (Fsp3) is 0.276. The quantitative estimate of drug-likeness (QED) is 0.228. The first kappa shape index (κ1) is 26.8. The van der Waals surface area contributed by atoms with Crippen molar-refractivity contribution in [2.75, 3.05) is 12.0 Å². The number of carbonyl (C=O) groups excluding carboxylic acids is 2. The highest BCUT2D eigenvalue weighted by atomic mass is 32.1. The molecule has 0 spiro atoms. The third kappa shape index (κ3) is 4.77. The SMILES string of the molecule is COC(=O)Cc1csc(-n2c([C@@H]3CCCC(=O)N3c3ccc(F)c(F)c3)nc3cc(-c4c(C)noc4C)ccc32)n1. The molecule has 0 unspecified atom stereocenters. The smallest absolute Gasteiger partial charge is 0.311 e. The number of imidazole rings is 1. The molecule has 0 saturated carbocycles.